The van der Waals surface area contributed by atoms with Crippen LogP contribution in [0.2, 0.25) is 5.15 Å². The van der Waals surface area contributed by atoms with Gasteiger partial charge in [-0.15, -0.1) is 0 Å². The molecule has 2 aromatic rings. The van der Waals surface area contributed by atoms with E-state index in [1.54, 1.807) is 0 Å². The average molecular weight is 207 g/mol. The normalized spacial score (nSPS) is 10.9. The molecule has 0 aliphatic heterocycles. The first-order chi connectivity index (χ1) is 6.59. The lowest BCUT2D eigenvalue weighted by molar-refractivity contribution is 1.09. The third kappa shape index (κ3) is 1.36. The Kier molecular flexibility index (Phi) is 2.16. The minimum absolute atomic E-state index is 0.550. The standard InChI is InChI=1S/C11H11ClN2/c1-6-4-5-9-10(7(6)2)11(12)14-8(3)13-9/h4-5H,1-3H3. The molecule has 2 nitrogen and oxygen atoms in total. The molecule has 1 aromatic heterocycles. The van der Waals surface area contributed by atoms with Gasteiger partial charge in [0.05, 0.1) is 5.52 Å². The third-order valence-corrected chi connectivity index (χ3v) is 2.74. The van der Waals surface area contributed by atoms with E-state index in [4.69, 9.17) is 11.6 Å². The lowest BCUT2D eigenvalue weighted by Gasteiger charge is -2.06. The molecule has 0 fully saturated rings. The highest BCUT2D eigenvalue weighted by Gasteiger charge is 2.07. The Hall–Kier alpha value is -1.15. The van der Waals surface area contributed by atoms with Gasteiger partial charge in [-0.2, -0.15) is 0 Å². The number of halogens is 1. The SMILES string of the molecule is Cc1nc(Cl)c2c(C)c(C)ccc2n1. The molecule has 0 saturated carbocycles. The van der Waals surface area contributed by atoms with Crippen molar-refractivity contribution in [2.75, 3.05) is 0 Å². The molecule has 0 spiro atoms. The van der Waals surface area contributed by atoms with Crippen molar-refractivity contribution >= 4 is 22.5 Å². The quantitative estimate of drug-likeness (QED) is 0.619. The number of benzene rings is 1. The Morgan fingerprint density at radius 3 is 2.50 bits per heavy atom. The van der Waals surface area contributed by atoms with Crippen molar-refractivity contribution < 1.29 is 0 Å². The predicted molar refractivity (Wildman–Crippen MR) is 58.8 cm³/mol. The second-order valence-corrected chi connectivity index (χ2v) is 3.82. The number of aromatic nitrogens is 2. The summed E-state index contributed by atoms with van der Waals surface area (Å²) in [5, 5.41) is 1.52. The van der Waals surface area contributed by atoms with Gasteiger partial charge in [0, 0.05) is 5.39 Å². The first-order valence-electron chi connectivity index (χ1n) is 4.49. The van der Waals surface area contributed by atoms with Crippen molar-refractivity contribution in [1.82, 2.24) is 9.97 Å². The largest absolute Gasteiger partial charge is 0.233 e. The van der Waals surface area contributed by atoms with E-state index in [1.807, 2.05) is 19.9 Å². The summed E-state index contributed by atoms with van der Waals surface area (Å²) >= 11 is 6.09. The number of hydrogen-bond acceptors (Lipinski definition) is 2. The van der Waals surface area contributed by atoms with E-state index in [2.05, 4.69) is 23.0 Å². The van der Waals surface area contributed by atoms with Gasteiger partial charge < -0.3 is 0 Å². The number of hydrogen-bond donors (Lipinski definition) is 0. The van der Waals surface area contributed by atoms with Gasteiger partial charge in [0.25, 0.3) is 0 Å². The van der Waals surface area contributed by atoms with Crippen molar-refractivity contribution in [2.24, 2.45) is 0 Å². The van der Waals surface area contributed by atoms with Crippen molar-refractivity contribution in [1.29, 1.82) is 0 Å². The van der Waals surface area contributed by atoms with E-state index >= 15 is 0 Å². The van der Waals surface area contributed by atoms with Crippen LogP contribution in [0.15, 0.2) is 12.1 Å². The molecule has 0 bridgehead atoms. The maximum atomic E-state index is 6.09. The van der Waals surface area contributed by atoms with E-state index < -0.39 is 0 Å². The van der Waals surface area contributed by atoms with Gasteiger partial charge in [0.1, 0.15) is 11.0 Å². The molecule has 0 atom stereocenters. The third-order valence-electron chi connectivity index (χ3n) is 2.46. The van der Waals surface area contributed by atoms with Crippen LogP contribution in [0.4, 0.5) is 0 Å². The Balaban J connectivity index is 2.95. The van der Waals surface area contributed by atoms with Crippen LogP contribution >= 0.6 is 11.6 Å². The number of aryl methyl sites for hydroxylation is 3. The molecule has 0 unspecified atom stereocenters. The molecule has 0 saturated heterocycles. The predicted octanol–water partition coefficient (Wildman–Crippen LogP) is 3.21. The molecule has 0 aliphatic rings. The van der Waals surface area contributed by atoms with E-state index in [9.17, 15) is 0 Å². The molecule has 0 N–H and O–H groups in total. The van der Waals surface area contributed by atoms with Crippen LogP contribution < -0.4 is 0 Å². The van der Waals surface area contributed by atoms with E-state index in [-0.39, 0.29) is 0 Å². The van der Waals surface area contributed by atoms with E-state index in [0.29, 0.717) is 11.0 Å². The molecule has 72 valence electrons. The van der Waals surface area contributed by atoms with Crippen LogP contribution in [0.25, 0.3) is 10.9 Å². The van der Waals surface area contributed by atoms with Crippen molar-refractivity contribution in [3.63, 3.8) is 0 Å². The van der Waals surface area contributed by atoms with Crippen LogP contribution in [-0.2, 0) is 0 Å². The summed E-state index contributed by atoms with van der Waals surface area (Å²) in [5.74, 6) is 0.714. The van der Waals surface area contributed by atoms with Gasteiger partial charge >= 0.3 is 0 Å². The summed E-state index contributed by atoms with van der Waals surface area (Å²) < 4.78 is 0. The fourth-order valence-electron chi connectivity index (χ4n) is 1.55. The first kappa shape index (κ1) is 9.41. The summed E-state index contributed by atoms with van der Waals surface area (Å²) in [5.41, 5.74) is 3.30. The molecule has 1 heterocycles. The molecule has 2 rings (SSSR count). The Labute approximate surface area is 88.0 Å². The van der Waals surface area contributed by atoms with Crippen molar-refractivity contribution in [2.45, 2.75) is 20.8 Å². The van der Waals surface area contributed by atoms with Gasteiger partial charge in [0.2, 0.25) is 0 Å². The highest BCUT2D eigenvalue weighted by atomic mass is 35.5. The fourth-order valence-corrected chi connectivity index (χ4v) is 1.91. The van der Waals surface area contributed by atoms with Gasteiger partial charge in [-0.05, 0) is 38.0 Å². The van der Waals surface area contributed by atoms with E-state index in [0.717, 1.165) is 16.5 Å². The van der Waals surface area contributed by atoms with Crippen molar-refractivity contribution in [3.05, 3.63) is 34.2 Å². The molecule has 0 aliphatic carbocycles. The lowest BCUT2D eigenvalue weighted by Crippen LogP contribution is -1.93. The topological polar surface area (TPSA) is 25.8 Å². The lowest BCUT2D eigenvalue weighted by atomic mass is 10.1. The van der Waals surface area contributed by atoms with Crippen LogP contribution in [0.3, 0.4) is 0 Å². The van der Waals surface area contributed by atoms with E-state index in [1.165, 1.54) is 5.56 Å². The fraction of sp³-hybridized carbons (Fsp3) is 0.273. The minimum atomic E-state index is 0.550. The van der Waals surface area contributed by atoms with Gasteiger partial charge in [-0.25, -0.2) is 9.97 Å². The summed E-state index contributed by atoms with van der Waals surface area (Å²) in [4.78, 5) is 8.50. The minimum Gasteiger partial charge on any atom is -0.233 e. The summed E-state index contributed by atoms with van der Waals surface area (Å²) in [6.45, 7) is 5.95. The average Bonchev–Trinajstić information content (AvgIpc) is 2.10. The van der Waals surface area contributed by atoms with Crippen LogP contribution in [-0.4, -0.2) is 9.97 Å². The second-order valence-electron chi connectivity index (χ2n) is 3.46. The smallest absolute Gasteiger partial charge is 0.140 e. The first-order valence-corrected chi connectivity index (χ1v) is 4.87. The molecule has 3 heteroatoms. The summed E-state index contributed by atoms with van der Waals surface area (Å²) in [7, 11) is 0. The highest BCUT2D eigenvalue weighted by molar-refractivity contribution is 6.34. The van der Waals surface area contributed by atoms with Crippen LogP contribution in [0.5, 0.6) is 0 Å². The molecule has 0 amide bonds. The maximum absolute atomic E-state index is 6.09. The van der Waals surface area contributed by atoms with Gasteiger partial charge in [-0.3, -0.25) is 0 Å². The Morgan fingerprint density at radius 1 is 1.07 bits per heavy atom. The zero-order chi connectivity index (χ0) is 10.3. The zero-order valence-corrected chi connectivity index (χ0v) is 9.18. The molecule has 14 heavy (non-hydrogen) atoms. The number of fused-ring (bicyclic) bond motifs is 1. The van der Waals surface area contributed by atoms with Gasteiger partial charge in [-0.1, -0.05) is 17.7 Å². The zero-order valence-electron chi connectivity index (χ0n) is 8.43. The number of rotatable bonds is 0. The monoisotopic (exact) mass is 206 g/mol. The Bertz CT molecular complexity index is 506. The molecular weight excluding hydrogens is 196 g/mol. The molecule has 0 radical (unpaired) electrons. The van der Waals surface area contributed by atoms with Gasteiger partial charge in [0.15, 0.2) is 0 Å². The highest BCUT2D eigenvalue weighted by Crippen LogP contribution is 2.25. The summed E-state index contributed by atoms with van der Waals surface area (Å²) in [6, 6.07) is 4.04. The summed E-state index contributed by atoms with van der Waals surface area (Å²) in [6.07, 6.45) is 0. The van der Waals surface area contributed by atoms with Crippen molar-refractivity contribution in [3.8, 4) is 0 Å². The molecular formula is C11H11ClN2. The maximum Gasteiger partial charge on any atom is 0.140 e. The second kappa shape index (κ2) is 3.21. The van der Waals surface area contributed by atoms with Crippen LogP contribution in [0, 0.1) is 20.8 Å². The van der Waals surface area contributed by atoms with Crippen LogP contribution in [0.1, 0.15) is 17.0 Å². The Morgan fingerprint density at radius 2 is 1.79 bits per heavy atom. The number of nitrogens with zero attached hydrogens (tertiary/aromatic N) is 2. The molecule has 1 aromatic carbocycles.